The number of H-pyrrole nitrogens is 1. The van der Waals surface area contributed by atoms with Gasteiger partial charge < -0.3 is 4.74 Å². The van der Waals surface area contributed by atoms with Gasteiger partial charge in [0.05, 0.1) is 12.7 Å². The van der Waals surface area contributed by atoms with Gasteiger partial charge in [-0.25, -0.2) is 4.79 Å². The van der Waals surface area contributed by atoms with Crippen molar-refractivity contribution in [3.05, 3.63) is 50.8 Å². The normalized spacial score (nSPS) is 13.8. The Morgan fingerprint density at radius 1 is 1.15 bits per heavy atom. The first-order chi connectivity index (χ1) is 9.70. The van der Waals surface area contributed by atoms with Crippen molar-refractivity contribution >= 4 is 0 Å². The number of hydrogen-bond acceptors (Lipinski definition) is 3. The van der Waals surface area contributed by atoms with Gasteiger partial charge in [0, 0.05) is 12.2 Å². The van der Waals surface area contributed by atoms with E-state index in [2.05, 4.69) is 4.98 Å². The number of nitrogens with zero attached hydrogens (tertiary/aromatic N) is 1. The molecule has 1 aromatic carbocycles. The molecular weight excluding hydrogens is 256 g/mol. The standard InChI is InChI=1S/C15H16N2O3/c1-20-11-7-5-10(6-8-11)13-12-4-2-3-9-17(12)15(19)16-14(13)18/h5-8H,2-4,9H2,1H3,(H,16,18,19). The number of fused-ring (bicyclic) bond motifs is 1. The molecule has 5 heteroatoms. The summed E-state index contributed by atoms with van der Waals surface area (Å²) in [6, 6.07) is 7.34. The van der Waals surface area contributed by atoms with E-state index in [0.717, 1.165) is 36.3 Å². The van der Waals surface area contributed by atoms with Crippen LogP contribution >= 0.6 is 0 Å². The maximum Gasteiger partial charge on any atom is 0.328 e. The van der Waals surface area contributed by atoms with Crippen molar-refractivity contribution in [3.8, 4) is 16.9 Å². The van der Waals surface area contributed by atoms with Crippen molar-refractivity contribution in [3.63, 3.8) is 0 Å². The van der Waals surface area contributed by atoms with Crippen molar-refractivity contribution in [2.45, 2.75) is 25.8 Å². The lowest BCUT2D eigenvalue weighted by molar-refractivity contribution is 0.415. The summed E-state index contributed by atoms with van der Waals surface area (Å²) in [7, 11) is 1.60. The first kappa shape index (κ1) is 12.7. The van der Waals surface area contributed by atoms with Crippen molar-refractivity contribution in [2.75, 3.05) is 7.11 Å². The lowest BCUT2D eigenvalue weighted by Gasteiger charge is -2.20. The molecule has 0 unspecified atom stereocenters. The predicted molar refractivity (Wildman–Crippen MR) is 76.2 cm³/mol. The molecule has 1 aromatic heterocycles. The Morgan fingerprint density at radius 2 is 1.90 bits per heavy atom. The van der Waals surface area contributed by atoms with Gasteiger partial charge in [0.15, 0.2) is 0 Å². The van der Waals surface area contributed by atoms with Crippen LogP contribution in [0.1, 0.15) is 18.5 Å². The van der Waals surface area contributed by atoms with Gasteiger partial charge in [0.2, 0.25) is 0 Å². The second-order valence-corrected chi connectivity index (χ2v) is 4.92. The van der Waals surface area contributed by atoms with Gasteiger partial charge in [-0.1, -0.05) is 12.1 Å². The quantitative estimate of drug-likeness (QED) is 0.902. The third-order valence-corrected chi connectivity index (χ3v) is 3.73. The van der Waals surface area contributed by atoms with E-state index in [0.29, 0.717) is 12.1 Å². The molecule has 0 saturated heterocycles. The first-order valence-electron chi connectivity index (χ1n) is 6.71. The molecule has 0 spiro atoms. The van der Waals surface area contributed by atoms with Crippen LogP contribution in [0, 0.1) is 0 Å². The molecule has 3 rings (SSSR count). The van der Waals surface area contributed by atoms with Crippen LogP contribution in [0.5, 0.6) is 5.75 Å². The topological polar surface area (TPSA) is 64.1 Å². The fraction of sp³-hybridized carbons (Fsp3) is 0.333. The summed E-state index contributed by atoms with van der Waals surface area (Å²) >= 11 is 0. The second kappa shape index (κ2) is 5.00. The Kier molecular flexibility index (Phi) is 3.18. The van der Waals surface area contributed by atoms with Gasteiger partial charge in [-0.2, -0.15) is 0 Å². The van der Waals surface area contributed by atoms with Gasteiger partial charge >= 0.3 is 5.69 Å². The maximum atomic E-state index is 12.2. The molecule has 2 aromatic rings. The van der Waals surface area contributed by atoms with Crippen LogP contribution in [-0.4, -0.2) is 16.7 Å². The summed E-state index contributed by atoms with van der Waals surface area (Å²) in [5.41, 5.74) is 1.65. The monoisotopic (exact) mass is 272 g/mol. The van der Waals surface area contributed by atoms with E-state index < -0.39 is 0 Å². The number of methoxy groups -OCH3 is 1. The number of hydrogen-bond donors (Lipinski definition) is 1. The largest absolute Gasteiger partial charge is 0.497 e. The van der Waals surface area contributed by atoms with E-state index in [-0.39, 0.29) is 11.2 Å². The van der Waals surface area contributed by atoms with Crippen molar-refractivity contribution in [1.82, 2.24) is 9.55 Å². The Hall–Kier alpha value is -2.30. The minimum atomic E-state index is -0.312. The molecule has 0 aliphatic carbocycles. The molecule has 0 fully saturated rings. The van der Waals surface area contributed by atoms with Crippen molar-refractivity contribution in [1.29, 1.82) is 0 Å². The number of nitrogens with one attached hydrogen (secondary N) is 1. The summed E-state index contributed by atoms with van der Waals surface area (Å²) in [5.74, 6) is 0.743. The molecule has 0 amide bonds. The Morgan fingerprint density at radius 3 is 2.60 bits per heavy atom. The van der Waals surface area contributed by atoms with Gasteiger partial charge in [-0.05, 0) is 37.0 Å². The predicted octanol–water partition coefficient (Wildman–Crippen LogP) is 1.55. The number of rotatable bonds is 2. The van der Waals surface area contributed by atoms with Crippen LogP contribution in [0.15, 0.2) is 33.9 Å². The van der Waals surface area contributed by atoms with Crippen LogP contribution in [0.2, 0.25) is 0 Å². The summed E-state index contributed by atoms with van der Waals surface area (Å²) in [4.78, 5) is 26.4. The van der Waals surface area contributed by atoms with E-state index in [9.17, 15) is 9.59 Å². The van der Waals surface area contributed by atoms with E-state index in [1.807, 2.05) is 24.3 Å². The van der Waals surface area contributed by atoms with Crippen LogP contribution in [0.4, 0.5) is 0 Å². The highest BCUT2D eigenvalue weighted by Gasteiger charge is 2.18. The molecular formula is C15H16N2O3. The Bertz CT molecular complexity index is 741. The molecule has 1 N–H and O–H groups in total. The Balaban J connectivity index is 2.22. The summed E-state index contributed by atoms with van der Waals surface area (Å²) < 4.78 is 6.81. The van der Waals surface area contributed by atoms with Gasteiger partial charge in [0.25, 0.3) is 5.56 Å². The lowest BCUT2D eigenvalue weighted by Crippen LogP contribution is -2.35. The van der Waals surface area contributed by atoms with Gasteiger partial charge in [-0.15, -0.1) is 0 Å². The summed E-state index contributed by atoms with van der Waals surface area (Å²) in [5, 5.41) is 0. The molecule has 0 atom stereocenters. The second-order valence-electron chi connectivity index (χ2n) is 4.92. The minimum absolute atomic E-state index is 0.304. The molecule has 2 heterocycles. The van der Waals surface area contributed by atoms with Gasteiger partial charge in [0.1, 0.15) is 5.75 Å². The SMILES string of the molecule is COc1ccc(-c2c3n(c(=O)[nH]c2=O)CCCC3)cc1. The van der Waals surface area contributed by atoms with Crippen LogP contribution in [0.3, 0.4) is 0 Å². The highest BCUT2D eigenvalue weighted by molar-refractivity contribution is 5.65. The number of ether oxygens (including phenoxy) is 1. The molecule has 1 aliphatic heterocycles. The number of aromatic nitrogens is 2. The zero-order chi connectivity index (χ0) is 14.1. The fourth-order valence-electron chi connectivity index (χ4n) is 2.73. The van der Waals surface area contributed by atoms with E-state index >= 15 is 0 Å². The van der Waals surface area contributed by atoms with E-state index in [4.69, 9.17) is 4.74 Å². The number of aromatic amines is 1. The molecule has 0 bridgehead atoms. The summed E-state index contributed by atoms with van der Waals surface area (Å²) in [6.45, 7) is 0.675. The summed E-state index contributed by atoms with van der Waals surface area (Å²) in [6.07, 6.45) is 2.74. The average Bonchev–Trinajstić information content (AvgIpc) is 2.48. The molecule has 20 heavy (non-hydrogen) atoms. The van der Waals surface area contributed by atoms with Crippen LogP contribution < -0.4 is 16.0 Å². The molecule has 0 saturated carbocycles. The zero-order valence-electron chi connectivity index (χ0n) is 11.3. The fourth-order valence-corrected chi connectivity index (χ4v) is 2.73. The molecule has 5 nitrogen and oxygen atoms in total. The molecule has 0 radical (unpaired) electrons. The molecule has 1 aliphatic rings. The minimum Gasteiger partial charge on any atom is -0.497 e. The number of benzene rings is 1. The van der Waals surface area contributed by atoms with E-state index in [1.54, 1.807) is 11.7 Å². The van der Waals surface area contributed by atoms with Crippen molar-refractivity contribution in [2.24, 2.45) is 0 Å². The smallest absolute Gasteiger partial charge is 0.328 e. The van der Waals surface area contributed by atoms with Crippen molar-refractivity contribution < 1.29 is 4.74 Å². The average molecular weight is 272 g/mol. The maximum absolute atomic E-state index is 12.2. The van der Waals surface area contributed by atoms with E-state index in [1.165, 1.54) is 0 Å². The highest BCUT2D eigenvalue weighted by atomic mass is 16.5. The van der Waals surface area contributed by atoms with Crippen LogP contribution in [0.25, 0.3) is 11.1 Å². The third-order valence-electron chi connectivity index (χ3n) is 3.73. The zero-order valence-corrected chi connectivity index (χ0v) is 11.3. The lowest BCUT2D eigenvalue weighted by atomic mass is 9.99. The first-order valence-corrected chi connectivity index (χ1v) is 6.71. The van der Waals surface area contributed by atoms with Crippen LogP contribution in [-0.2, 0) is 13.0 Å². The third kappa shape index (κ3) is 2.05. The highest BCUT2D eigenvalue weighted by Crippen LogP contribution is 2.25. The van der Waals surface area contributed by atoms with Gasteiger partial charge in [-0.3, -0.25) is 14.3 Å². The molecule has 104 valence electrons. The Labute approximate surface area is 115 Å².